The minimum absolute atomic E-state index is 0.0546. The van der Waals surface area contributed by atoms with Crippen LogP contribution in [0.25, 0.3) is 11.2 Å². The summed E-state index contributed by atoms with van der Waals surface area (Å²) in [6.07, 6.45) is -0.802. The number of aromatic nitrogens is 4. The molecule has 0 saturated carbocycles. The molecule has 3 rings (SSSR count). The van der Waals surface area contributed by atoms with Crippen LogP contribution in [0.1, 0.15) is 5.37 Å². The van der Waals surface area contributed by atoms with E-state index >= 15 is 0 Å². The van der Waals surface area contributed by atoms with Crippen LogP contribution >= 0.6 is 11.8 Å². The van der Waals surface area contributed by atoms with E-state index in [-0.39, 0.29) is 23.7 Å². The molecule has 1 aliphatic rings. The van der Waals surface area contributed by atoms with Crippen LogP contribution in [-0.4, -0.2) is 58.9 Å². The molecule has 6 N–H and O–H groups in total. The minimum Gasteiger partial charge on any atom is -0.395 e. The predicted molar refractivity (Wildman–Crippen MR) is 72.1 cm³/mol. The number of fused-ring (bicyclic) bond motifs is 1. The fourth-order valence-corrected chi connectivity index (χ4v) is 3.61. The molecule has 0 amide bonds. The number of anilines is 1. The monoisotopic (exact) mass is 299 g/mol. The highest BCUT2D eigenvalue weighted by Gasteiger charge is 2.43. The Bertz CT molecular complexity index is 701. The van der Waals surface area contributed by atoms with Crippen molar-refractivity contribution in [1.82, 2.24) is 19.5 Å². The number of nitrogen functional groups attached to an aromatic ring is 1. The normalized spacial score (nSPS) is 30.1. The fraction of sp³-hybridized carbons (Fsp3) is 0.500. The zero-order valence-corrected chi connectivity index (χ0v) is 11.0. The van der Waals surface area contributed by atoms with Crippen molar-refractivity contribution in [2.24, 2.45) is 0 Å². The van der Waals surface area contributed by atoms with Crippen molar-refractivity contribution in [2.75, 3.05) is 12.3 Å². The first-order chi connectivity index (χ1) is 9.52. The summed E-state index contributed by atoms with van der Waals surface area (Å²) >= 11 is 1.19. The lowest BCUT2D eigenvalue weighted by molar-refractivity contribution is 0.0113. The maximum Gasteiger partial charge on any atom is 0.280 e. The molecule has 0 spiro atoms. The Labute approximate surface area is 116 Å². The predicted octanol–water partition coefficient (Wildman–Crippen LogP) is -1.97. The summed E-state index contributed by atoms with van der Waals surface area (Å²) in [6.45, 7) is -0.262. The van der Waals surface area contributed by atoms with E-state index in [2.05, 4.69) is 15.0 Å². The van der Waals surface area contributed by atoms with Gasteiger partial charge in [-0.05, 0) is 0 Å². The summed E-state index contributed by atoms with van der Waals surface area (Å²) in [5.74, 6) is -0.0546. The number of hydrogen-bond donors (Lipinski definition) is 5. The average molecular weight is 299 g/mol. The van der Waals surface area contributed by atoms with Gasteiger partial charge in [-0.25, -0.2) is 4.98 Å². The summed E-state index contributed by atoms with van der Waals surface area (Å²) in [6, 6.07) is 0. The Hall–Kier alpha value is -1.62. The van der Waals surface area contributed by atoms with Crippen molar-refractivity contribution < 1.29 is 15.3 Å². The van der Waals surface area contributed by atoms with Gasteiger partial charge in [0, 0.05) is 0 Å². The number of thioether (sulfide) groups is 1. The number of H-pyrrole nitrogens is 1. The van der Waals surface area contributed by atoms with E-state index < -0.39 is 28.4 Å². The number of hydrogen-bond acceptors (Lipinski definition) is 8. The molecule has 9 nitrogen and oxygen atoms in total. The van der Waals surface area contributed by atoms with Crippen molar-refractivity contribution >= 4 is 28.9 Å². The zero-order chi connectivity index (χ0) is 14.4. The van der Waals surface area contributed by atoms with Gasteiger partial charge in [0.2, 0.25) is 5.95 Å². The number of rotatable bonds is 2. The number of aliphatic hydroxyl groups is 3. The molecular formula is C10H13N5O4S. The number of imidazole rings is 1. The quantitative estimate of drug-likeness (QED) is 0.428. The van der Waals surface area contributed by atoms with Gasteiger partial charge in [-0.1, -0.05) is 0 Å². The summed E-state index contributed by atoms with van der Waals surface area (Å²) in [5.41, 5.74) is 5.37. The van der Waals surface area contributed by atoms with Crippen molar-refractivity contribution in [2.45, 2.75) is 22.8 Å². The van der Waals surface area contributed by atoms with Crippen LogP contribution in [0.4, 0.5) is 5.95 Å². The third kappa shape index (κ3) is 1.88. The molecule has 0 aromatic carbocycles. The maximum atomic E-state index is 11.7. The second kappa shape index (κ2) is 4.74. The molecule has 1 fully saturated rings. The molecule has 2 aromatic heterocycles. The van der Waals surface area contributed by atoms with Crippen LogP contribution in [0.5, 0.6) is 0 Å². The van der Waals surface area contributed by atoms with Gasteiger partial charge >= 0.3 is 0 Å². The smallest absolute Gasteiger partial charge is 0.280 e. The lowest BCUT2D eigenvalue weighted by atomic mass is 10.1. The fourth-order valence-electron chi connectivity index (χ4n) is 2.24. The largest absolute Gasteiger partial charge is 0.395 e. The van der Waals surface area contributed by atoms with Crippen LogP contribution < -0.4 is 11.3 Å². The lowest BCUT2D eigenvalue weighted by Crippen LogP contribution is -2.32. The van der Waals surface area contributed by atoms with Crippen LogP contribution in [0.3, 0.4) is 0 Å². The number of nitrogens with zero attached hydrogens (tertiary/aromatic N) is 3. The number of aromatic amines is 1. The van der Waals surface area contributed by atoms with Crippen LogP contribution in [-0.2, 0) is 0 Å². The van der Waals surface area contributed by atoms with Gasteiger partial charge in [0.15, 0.2) is 11.2 Å². The Morgan fingerprint density at radius 2 is 2.20 bits per heavy atom. The topological polar surface area (TPSA) is 150 Å². The van der Waals surface area contributed by atoms with Crippen molar-refractivity contribution in [3.8, 4) is 0 Å². The van der Waals surface area contributed by atoms with Gasteiger partial charge in [-0.2, -0.15) is 4.98 Å². The molecule has 10 heteroatoms. The highest BCUT2D eigenvalue weighted by molar-refractivity contribution is 8.00. The summed E-state index contributed by atoms with van der Waals surface area (Å²) in [7, 11) is 0. The SMILES string of the molecule is Nc1nc2c(ncn2[C@H]2S[C@H](CO)[C@@H](O)[C@H]2O)c(=O)[nH]1. The van der Waals surface area contributed by atoms with Crippen molar-refractivity contribution in [3.63, 3.8) is 0 Å². The van der Waals surface area contributed by atoms with E-state index in [1.54, 1.807) is 0 Å². The Morgan fingerprint density at radius 3 is 2.85 bits per heavy atom. The van der Waals surface area contributed by atoms with Crippen molar-refractivity contribution in [3.05, 3.63) is 16.7 Å². The van der Waals surface area contributed by atoms with Gasteiger partial charge < -0.3 is 21.1 Å². The zero-order valence-electron chi connectivity index (χ0n) is 10.2. The third-order valence-corrected chi connectivity index (χ3v) is 4.80. The first-order valence-corrected chi connectivity index (χ1v) is 6.82. The molecule has 3 heterocycles. The Morgan fingerprint density at radius 1 is 1.45 bits per heavy atom. The van der Waals surface area contributed by atoms with Crippen molar-refractivity contribution in [1.29, 1.82) is 0 Å². The minimum atomic E-state index is -1.10. The number of aliphatic hydroxyl groups excluding tert-OH is 3. The number of nitrogens with two attached hydrogens (primary N) is 1. The molecule has 0 radical (unpaired) electrons. The van der Waals surface area contributed by atoms with Crippen LogP contribution in [0.2, 0.25) is 0 Å². The molecule has 0 unspecified atom stereocenters. The van der Waals surface area contributed by atoms with Gasteiger partial charge in [0.05, 0.1) is 24.3 Å². The highest BCUT2D eigenvalue weighted by Crippen LogP contribution is 2.42. The van der Waals surface area contributed by atoms with E-state index in [0.29, 0.717) is 0 Å². The highest BCUT2D eigenvalue weighted by atomic mass is 32.2. The van der Waals surface area contributed by atoms with E-state index in [1.165, 1.54) is 22.7 Å². The molecule has 1 aliphatic heterocycles. The van der Waals surface area contributed by atoms with Gasteiger partial charge in [0.25, 0.3) is 5.56 Å². The van der Waals surface area contributed by atoms with E-state index in [0.717, 1.165) is 0 Å². The van der Waals surface area contributed by atoms with Crippen LogP contribution in [0.15, 0.2) is 11.1 Å². The van der Waals surface area contributed by atoms with Gasteiger partial charge in [-0.3, -0.25) is 14.3 Å². The first-order valence-electron chi connectivity index (χ1n) is 5.87. The van der Waals surface area contributed by atoms with Gasteiger partial charge in [-0.15, -0.1) is 11.8 Å². The Kier molecular flexibility index (Phi) is 3.17. The second-order valence-electron chi connectivity index (χ2n) is 4.50. The first kappa shape index (κ1) is 13.4. The second-order valence-corrected chi connectivity index (χ2v) is 5.86. The van der Waals surface area contributed by atoms with Crippen LogP contribution in [0, 0.1) is 0 Å². The summed E-state index contributed by atoms with van der Waals surface area (Å²) < 4.78 is 1.48. The molecule has 20 heavy (non-hydrogen) atoms. The van der Waals surface area contributed by atoms with E-state index in [1.807, 2.05) is 0 Å². The molecule has 108 valence electrons. The molecule has 0 aliphatic carbocycles. The standard InChI is InChI=1S/C10H13N5O4S/c11-10-13-7-4(8(19)14-10)12-2-15(7)9-6(18)5(17)3(1-16)20-9/h2-3,5-6,9,16-18H,1H2,(H3,11,13,14,19)/t3-,5-,6-,9+/m1/s1. The van der Waals surface area contributed by atoms with Gasteiger partial charge in [0.1, 0.15) is 11.5 Å². The Balaban J connectivity index is 2.09. The third-order valence-electron chi connectivity index (χ3n) is 3.24. The van der Waals surface area contributed by atoms with E-state index in [4.69, 9.17) is 10.8 Å². The summed E-state index contributed by atoms with van der Waals surface area (Å²) in [5, 5.41) is 27.9. The molecular weight excluding hydrogens is 286 g/mol. The number of nitrogens with one attached hydrogen (secondary N) is 1. The molecule has 1 saturated heterocycles. The molecule has 0 bridgehead atoms. The average Bonchev–Trinajstić information content (AvgIpc) is 2.93. The lowest BCUT2D eigenvalue weighted by Gasteiger charge is -2.16. The van der Waals surface area contributed by atoms with E-state index in [9.17, 15) is 15.0 Å². The molecule has 2 aromatic rings. The molecule has 4 atom stereocenters. The maximum absolute atomic E-state index is 11.7. The summed E-state index contributed by atoms with van der Waals surface area (Å²) in [4.78, 5) is 22.0.